The van der Waals surface area contributed by atoms with E-state index in [1.165, 1.54) is 54.6 Å². The molecule has 5 rings (SSSR count). The fourth-order valence-electron chi connectivity index (χ4n) is 9.21. The van der Waals surface area contributed by atoms with Crippen LogP contribution in [-0.4, -0.2) is 112 Å². The van der Waals surface area contributed by atoms with Crippen LogP contribution >= 0.6 is 0 Å². The monoisotopic (exact) mass is 967 g/mol. The highest BCUT2D eigenvalue weighted by molar-refractivity contribution is 6.38. The Labute approximate surface area is 408 Å². The lowest BCUT2D eigenvalue weighted by atomic mass is 9.74. The fraction of sp³-hybridized carbons (Fsp3) is 0.519. The standard InChI is InChI=1S/C52H67FN8O9/c1-7-14-34(47(66)41(62)23-24-44(65)58-46(50(69)60(5)6)33-19-21-35(53)22-20-33)27-42(63)37-30-61(51(70)56-36-17-12-9-13-18-36)31-40(37)57-48(67)38(52(2,3)4)28-43(64)45(32-15-10-8-11-16-32)59-49(68)39-29-54-25-26-55-39/h9,12-13,17-22,25-26,29,32,34,37-38,40,45-46H,7-8,10-11,14-16,23-24,27-28,30-31H2,1-6H3,(H,56,70)(H,57,67)(H,58,65)(H,59,68)/t34-,37-,38-,40+,45+,46+/m1/s1. The number of hydrogen-bond donors (Lipinski definition) is 4. The van der Waals surface area contributed by atoms with Crippen molar-refractivity contribution in [3.63, 3.8) is 0 Å². The van der Waals surface area contributed by atoms with E-state index in [1.807, 2.05) is 20.8 Å². The van der Waals surface area contributed by atoms with Crippen LogP contribution in [-0.2, 0) is 33.6 Å². The first-order valence-electron chi connectivity index (χ1n) is 24.1. The van der Waals surface area contributed by atoms with E-state index in [0.29, 0.717) is 17.7 Å². The van der Waals surface area contributed by atoms with Crippen molar-refractivity contribution in [3.8, 4) is 0 Å². The first-order chi connectivity index (χ1) is 33.3. The quantitative estimate of drug-likeness (QED) is 0.0879. The Morgan fingerprint density at radius 2 is 1.53 bits per heavy atom. The van der Waals surface area contributed by atoms with E-state index < -0.39 is 107 Å². The van der Waals surface area contributed by atoms with Crippen LogP contribution in [0.2, 0.25) is 0 Å². The van der Waals surface area contributed by atoms with E-state index in [1.54, 1.807) is 37.3 Å². The van der Waals surface area contributed by atoms with Crippen LogP contribution in [0.5, 0.6) is 0 Å². The third kappa shape index (κ3) is 15.1. The van der Waals surface area contributed by atoms with Crippen molar-refractivity contribution in [2.75, 3.05) is 32.5 Å². The predicted octanol–water partition coefficient (Wildman–Crippen LogP) is 5.80. The highest BCUT2D eigenvalue weighted by atomic mass is 19.1. The van der Waals surface area contributed by atoms with Crippen molar-refractivity contribution in [2.24, 2.45) is 29.1 Å². The predicted molar refractivity (Wildman–Crippen MR) is 258 cm³/mol. The van der Waals surface area contributed by atoms with Crippen LogP contribution in [0, 0.1) is 34.9 Å². The van der Waals surface area contributed by atoms with Gasteiger partial charge in [-0.1, -0.05) is 83.7 Å². The second-order valence-electron chi connectivity index (χ2n) is 19.7. The number of amides is 6. The molecule has 0 unspecified atom stereocenters. The summed E-state index contributed by atoms with van der Waals surface area (Å²) in [4.78, 5) is 134. The lowest BCUT2D eigenvalue weighted by molar-refractivity contribution is -0.141. The van der Waals surface area contributed by atoms with Gasteiger partial charge in [0, 0.05) is 82.8 Å². The van der Waals surface area contributed by atoms with Crippen LogP contribution in [0.15, 0.2) is 73.2 Å². The van der Waals surface area contributed by atoms with Crippen LogP contribution in [0.1, 0.15) is 120 Å². The third-order valence-electron chi connectivity index (χ3n) is 13.2. The lowest BCUT2D eigenvalue weighted by Crippen LogP contribution is -2.51. The Kier molecular flexibility index (Phi) is 19.5. The molecule has 2 heterocycles. The number of nitrogens with one attached hydrogen (secondary N) is 4. The highest BCUT2D eigenvalue weighted by Crippen LogP contribution is 2.34. The fourth-order valence-corrected chi connectivity index (χ4v) is 9.21. The number of likely N-dealkylation sites (tertiary alicyclic amines) is 1. The van der Waals surface area contributed by atoms with Crippen molar-refractivity contribution in [1.82, 2.24) is 35.7 Å². The van der Waals surface area contributed by atoms with Crippen molar-refractivity contribution >= 4 is 58.5 Å². The molecule has 6 atom stereocenters. The van der Waals surface area contributed by atoms with Gasteiger partial charge in [0.2, 0.25) is 23.5 Å². The van der Waals surface area contributed by atoms with Crippen molar-refractivity contribution < 1.29 is 47.5 Å². The van der Waals surface area contributed by atoms with Crippen molar-refractivity contribution in [1.29, 1.82) is 0 Å². The molecule has 70 heavy (non-hydrogen) atoms. The second kappa shape index (κ2) is 25.2. The van der Waals surface area contributed by atoms with Gasteiger partial charge in [-0.25, -0.2) is 14.2 Å². The van der Waals surface area contributed by atoms with Gasteiger partial charge in [-0.3, -0.25) is 43.3 Å². The number of urea groups is 1. The van der Waals surface area contributed by atoms with E-state index in [0.717, 1.165) is 44.2 Å². The number of ketones is 4. The molecular weight excluding hydrogens is 900 g/mol. The number of Topliss-reactive ketones (excluding diaryl/α,β-unsaturated/α-hetero) is 4. The summed E-state index contributed by atoms with van der Waals surface area (Å²) < 4.78 is 13.7. The number of anilines is 1. The Hall–Kier alpha value is -6.72. The molecule has 376 valence electrons. The number of hydrogen-bond acceptors (Lipinski definition) is 11. The summed E-state index contributed by atoms with van der Waals surface area (Å²) in [5.74, 6) is -8.45. The molecule has 1 saturated carbocycles. The molecular formula is C52H67FN8O9. The average molecular weight is 967 g/mol. The minimum Gasteiger partial charge on any atom is -0.351 e. The minimum atomic E-state index is -1.17. The zero-order valence-corrected chi connectivity index (χ0v) is 41.0. The van der Waals surface area contributed by atoms with Gasteiger partial charge >= 0.3 is 6.03 Å². The van der Waals surface area contributed by atoms with E-state index >= 15 is 0 Å². The smallest absolute Gasteiger partial charge is 0.321 e. The summed E-state index contributed by atoms with van der Waals surface area (Å²) in [6.07, 6.45) is 7.42. The molecule has 2 aliphatic rings. The molecule has 1 saturated heterocycles. The first-order valence-corrected chi connectivity index (χ1v) is 24.1. The Balaban J connectivity index is 1.32. The number of benzene rings is 2. The molecule has 17 nitrogen and oxygen atoms in total. The SMILES string of the molecule is CCC[C@H](CC(=O)[C@@H]1CN(C(=O)Nc2ccccc2)C[C@@H]1NC(=O)[C@@H](CC(=O)[C@@H](NC(=O)c1cnccn1)C1CCCCC1)C(C)(C)C)C(=O)C(=O)CCC(=O)N[C@H](C(=O)N(C)C)c1ccc(F)cc1. The van der Waals surface area contributed by atoms with Crippen molar-refractivity contribution in [2.45, 2.75) is 116 Å². The summed E-state index contributed by atoms with van der Waals surface area (Å²) in [6, 6.07) is 10.2. The highest BCUT2D eigenvalue weighted by Gasteiger charge is 2.45. The Morgan fingerprint density at radius 3 is 2.14 bits per heavy atom. The zero-order chi connectivity index (χ0) is 51.1. The number of aromatic nitrogens is 2. The topological polar surface area (TPSA) is 234 Å². The number of carbonyl (C=O) groups is 9. The first kappa shape index (κ1) is 54.2. The maximum absolute atomic E-state index is 14.6. The van der Waals surface area contributed by atoms with Gasteiger partial charge in [0.1, 0.15) is 23.3 Å². The number of nitrogens with zero attached hydrogens (tertiary/aromatic N) is 4. The van der Waals surface area contributed by atoms with Crippen LogP contribution in [0.3, 0.4) is 0 Å². The molecule has 3 aromatic rings. The number of rotatable bonds is 22. The molecule has 1 aromatic heterocycles. The summed E-state index contributed by atoms with van der Waals surface area (Å²) in [7, 11) is 2.99. The number of carbonyl (C=O) groups excluding carboxylic acids is 9. The lowest BCUT2D eigenvalue weighted by Gasteiger charge is -2.34. The van der Waals surface area contributed by atoms with Crippen LogP contribution in [0.4, 0.5) is 14.9 Å². The molecule has 2 fully saturated rings. The van der Waals surface area contributed by atoms with Gasteiger partial charge in [-0.15, -0.1) is 0 Å². The molecule has 1 aliphatic heterocycles. The Morgan fingerprint density at radius 1 is 0.843 bits per heavy atom. The molecule has 6 amide bonds. The zero-order valence-electron chi connectivity index (χ0n) is 41.0. The van der Waals surface area contributed by atoms with E-state index in [-0.39, 0.29) is 49.7 Å². The molecule has 18 heteroatoms. The second-order valence-corrected chi connectivity index (χ2v) is 19.7. The third-order valence-corrected chi connectivity index (χ3v) is 13.2. The maximum atomic E-state index is 14.6. The molecule has 4 N–H and O–H groups in total. The van der Waals surface area contributed by atoms with Crippen LogP contribution < -0.4 is 21.3 Å². The normalized spacial score (nSPS) is 17.8. The molecule has 2 aromatic carbocycles. The molecule has 1 aliphatic carbocycles. The van der Waals surface area contributed by atoms with Gasteiger partial charge in [0.15, 0.2) is 11.6 Å². The molecule has 0 spiro atoms. The van der Waals surface area contributed by atoms with E-state index in [4.69, 9.17) is 0 Å². The molecule has 0 bridgehead atoms. The van der Waals surface area contributed by atoms with E-state index in [9.17, 15) is 47.5 Å². The number of halogens is 1. The largest absolute Gasteiger partial charge is 0.351 e. The average Bonchev–Trinajstić information content (AvgIpc) is 3.77. The van der Waals surface area contributed by atoms with Gasteiger partial charge in [-0.05, 0) is 60.4 Å². The van der Waals surface area contributed by atoms with Gasteiger partial charge in [0.05, 0.1) is 24.2 Å². The van der Waals surface area contributed by atoms with Gasteiger partial charge in [-0.2, -0.15) is 0 Å². The summed E-state index contributed by atoms with van der Waals surface area (Å²) in [5, 5.41) is 11.3. The summed E-state index contributed by atoms with van der Waals surface area (Å²) in [6.45, 7) is 7.06. The van der Waals surface area contributed by atoms with Crippen LogP contribution in [0.25, 0.3) is 0 Å². The van der Waals surface area contributed by atoms with E-state index in [2.05, 4.69) is 31.2 Å². The molecule has 0 radical (unpaired) electrons. The minimum absolute atomic E-state index is 0.0567. The number of para-hydroxylation sites is 1. The Bertz CT molecular complexity index is 2340. The van der Waals surface area contributed by atoms with Gasteiger partial charge in [0.25, 0.3) is 5.91 Å². The van der Waals surface area contributed by atoms with Crippen molar-refractivity contribution in [3.05, 3.63) is 90.3 Å². The summed E-state index contributed by atoms with van der Waals surface area (Å²) in [5.41, 5.74) is 0.0973. The maximum Gasteiger partial charge on any atom is 0.321 e. The number of likely N-dealkylation sites (N-methyl/N-ethyl adjacent to an activating group) is 1. The van der Waals surface area contributed by atoms with Gasteiger partial charge < -0.3 is 31.1 Å². The summed E-state index contributed by atoms with van der Waals surface area (Å²) >= 11 is 0.